The lowest BCUT2D eigenvalue weighted by Crippen LogP contribution is -2.42. The average molecular weight is 308 g/mol. The smallest absolute Gasteiger partial charge is 0.119 e. The van der Waals surface area contributed by atoms with Gasteiger partial charge >= 0.3 is 0 Å². The van der Waals surface area contributed by atoms with E-state index >= 15 is 0 Å². The molecule has 1 heterocycles. The van der Waals surface area contributed by atoms with Crippen LogP contribution in [0.3, 0.4) is 0 Å². The van der Waals surface area contributed by atoms with Gasteiger partial charge in [-0.1, -0.05) is 18.6 Å². The number of nitrogens with two attached hydrogens (primary N) is 1. The van der Waals surface area contributed by atoms with Gasteiger partial charge in [0.25, 0.3) is 0 Å². The first-order valence-electron chi connectivity index (χ1n) is 7.58. The highest BCUT2D eigenvalue weighted by Gasteiger charge is 2.21. The van der Waals surface area contributed by atoms with Crippen molar-refractivity contribution in [1.82, 2.24) is 4.90 Å². The van der Waals surface area contributed by atoms with Crippen molar-refractivity contribution in [3.8, 4) is 5.75 Å². The number of hydrogen-bond donors (Lipinski definition) is 2. The Kier molecular flexibility index (Phi) is 6.42. The zero-order valence-electron chi connectivity index (χ0n) is 12.3. The number of aliphatic hydroxyl groups excluding tert-OH is 1. The Hall–Kier alpha value is -1.17. The molecule has 116 valence electrons. The summed E-state index contributed by atoms with van der Waals surface area (Å²) in [5, 5.41) is 9.13. The van der Waals surface area contributed by atoms with Crippen LogP contribution >= 0.6 is 12.2 Å². The molecule has 5 heteroatoms. The molecule has 1 aromatic rings. The van der Waals surface area contributed by atoms with Gasteiger partial charge in [0.1, 0.15) is 17.3 Å². The second-order valence-corrected chi connectivity index (χ2v) is 5.87. The Morgan fingerprint density at radius 1 is 1.33 bits per heavy atom. The van der Waals surface area contributed by atoms with E-state index in [4.69, 9.17) is 27.8 Å². The van der Waals surface area contributed by atoms with Gasteiger partial charge in [0.15, 0.2) is 0 Å². The number of ether oxygens (including phenoxy) is 1. The van der Waals surface area contributed by atoms with Gasteiger partial charge in [0, 0.05) is 24.8 Å². The molecule has 2 rings (SSSR count). The van der Waals surface area contributed by atoms with E-state index in [1.54, 1.807) is 0 Å². The van der Waals surface area contributed by atoms with Crippen LogP contribution in [0.2, 0.25) is 0 Å². The lowest BCUT2D eigenvalue weighted by atomic mass is 10.00. The molecular formula is C16H24N2O2S. The molecule has 4 nitrogen and oxygen atoms in total. The number of benzene rings is 1. The van der Waals surface area contributed by atoms with Crippen molar-refractivity contribution in [2.75, 3.05) is 26.3 Å². The summed E-state index contributed by atoms with van der Waals surface area (Å²) in [5.41, 5.74) is 6.43. The number of nitrogens with zero attached hydrogens (tertiary/aromatic N) is 1. The predicted octanol–water partition coefficient (Wildman–Crippen LogP) is 1.94. The molecule has 1 saturated heterocycles. The maximum Gasteiger partial charge on any atom is 0.119 e. The molecule has 1 aliphatic rings. The van der Waals surface area contributed by atoms with Crippen LogP contribution in [0.15, 0.2) is 24.3 Å². The number of thiocarbonyl (C=S) groups is 1. The van der Waals surface area contributed by atoms with Gasteiger partial charge in [0.2, 0.25) is 0 Å². The van der Waals surface area contributed by atoms with Crippen LogP contribution < -0.4 is 10.5 Å². The lowest BCUT2D eigenvalue weighted by Gasteiger charge is -2.35. The Bertz CT molecular complexity index is 448. The van der Waals surface area contributed by atoms with Crippen LogP contribution in [-0.4, -0.2) is 47.3 Å². The van der Waals surface area contributed by atoms with Crippen LogP contribution in [0.1, 0.15) is 31.2 Å². The predicted molar refractivity (Wildman–Crippen MR) is 88.7 cm³/mol. The standard InChI is InChI=1S/C16H24N2O2S/c17-16(21)13-4-6-15(7-5-13)20-12-10-18-9-2-1-3-14(18)8-11-19/h4-7,14,19H,1-3,8-12H2,(H2,17,21). The van der Waals surface area contributed by atoms with E-state index < -0.39 is 0 Å². The Labute approximate surface area is 131 Å². The van der Waals surface area contributed by atoms with Gasteiger partial charge in [-0.15, -0.1) is 0 Å². The first kappa shape index (κ1) is 16.2. The van der Waals surface area contributed by atoms with Crippen molar-refractivity contribution in [2.45, 2.75) is 31.7 Å². The van der Waals surface area contributed by atoms with Gasteiger partial charge in [-0.3, -0.25) is 4.90 Å². The summed E-state index contributed by atoms with van der Waals surface area (Å²) < 4.78 is 5.78. The maximum atomic E-state index is 9.13. The van der Waals surface area contributed by atoms with Crippen LogP contribution in [0, 0.1) is 0 Å². The largest absolute Gasteiger partial charge is 0.492 e. The quantitative estimate of drug-likeness (QED) is 0.754. The summed E-state index contributed by atoms with van der Waals surface area (Å²) in [6.45, 7) is 2.94. The fourth-order valence-electron chi connectivity index (χ4n) is 2.83. The van der Waals surface area contributed by atoms with Crippen molar-refractivity contribution in [3.05, 3.63) is 29.8 Å². The average Bonchev–Trinajstić information content (AvgIpc) is 2.50. The number of hydrogen-bond acceptors (Lipinski definition) is 4. The first-order chi connectivity index (χ1) is 10.2. The normalized spacial score (nSPS) is 19.4. The molecule has 0 amide bonds. The third-order valence-electron chi connectivity index (χ3n) is 4.00. The molecule has 0 aromatic heterocycles. The summed E-state index contributed by atoms with van der Waals surface area (Å²) in [6, 6.07) is 8.07. The topological polar surface area (TPSA) is 58.7 Å². The highest BCUT2D eigenvalue weighted by molar-refractivity contribution is 7.80. The Morgan fingerprint density at radius 2 is 2.10 bits per heavy atom. The number of aliphatic hydroxyl groups is 1. The van der Waals surface area contributed by atoms with Crippen LogP contribution in [0.4, 0.5) is 0 Å². The van der Waals surface area contributed by atoms with E-state index in [0.29, 0.717) is 17.6 Å². The van der Waals surface area contributed by atoms with E-state index in [-0.39, 0.29) is 6.61 Å². The highest BCUT2D eigenvalue weighted by Crippen LogP contribution is 2.19. The van der Waals surface area contributed by atoms with Gasteiger partial charge in [-0.2, -0.15) is 0 Å². The molecule has 0 aliphatic carbocycles. The summed E-state index contributed by atoms with van der Waals surface area (Å²) in [4.78, 5) is 2.84. The Morgan fingerprint density at radius 3 is 2.76 bits per heavy atom. The van der Waals surface area contributed by atoms with Crippen LogP contribution in [0.25, 0.3) is 0 Å². The molecule has 1 atom stereocenters. The van der Waals surface area contributed by atoms with Crippen molar-refractivity contribution < 1.29 is 9.84 Å². The minimum Gasteiger partial charge on any atom is -0.492 e. The summed E-state index contributed by atoms with van der Waals surface area (Å²) in [6.07, 6.45) is 4.55. The van der Waals surface area contributed by atoms with Crippen LogP contribution in [0.5, 0.6) is 5.75 Å². The SMILES string of the molecule is NC(=S)c1ccc(OCCN2CCCCC2CCO)cc1. The minimum atomic E-state index is 0.266. The third-order valence-corrected chi connectivity index (χ3v) is 4.23. The van der Waals surface area contributed by atoms with E-state index in [1.165, 1.54) is 19.3 Å². The fraction of sp³-hybridized carbons (Fsp3) is 0.562. The monoisotopic (exact) mass is 308 g/mol. The maximum absolute atomic E-state index is 9.13. The molecule has 0 saturated carbocycles. The summed E-state index contributed by atoms with van der Waals surface area (Å²) >= 11 is 4.93. The fourth-order valence-corrected chi connectivity index (χ4v) is 2.96. The highest BCUT2D eigenvalue weighted by atomic mass is 32.1. The zero-order valence-corrected chi connectivity index (χ0v) is 13.1. The molecule has 1 aliphatic heterocycles. The van der Waals surface area contributed by atoms with E-state index in [1.807, 2.05) is 24.3 Å². The van der Waals surface area contributed by atoms with E-state index in [0.717, 1.165) is 30.8 Å². The molecule has 1 aromatic carbocycles. The van der Waals surface area contributed by atoms with Gasteiger partial charge < -0.3 is 15.6 Å². The second-order valence-electron chi connectivity index (χ2n) is 5.43. The van der Waals surface area contributed by atoms with Crippen LogP contribution in [-0.2, 0) is 0 Å². The van der Waals surface area contributed by atoms with Crippen molar-refractivity contribution >= 4 is 17.2 Å². The Balaban J connectivity index is 1.78. The first-order valence-corrected chi connectivity index (χ1v) is 7.99. The summed E-state index contributed by atoms with van der Waals surface area (Å²) in [7, 11) is 0. The molecule has 0 spiro atoms. The molecule has 21 heavy (non-hydrogen) atoms. The molecule has 0 bridgehead atoms. The van der Waals surface area contributed by atoms with Gasteiger partial charge in [-0.25, -0.2) is 0 Å². The lowest BCUT2D eigenvalue weighted by molar-refractivity contribution is 0.102. The van der Waals surface area contributed by atoms with Crippen molar-refractivity contribution in [1.29, 1.82) is 0 Å². The second kappa shape index (κ2) is 8.32. The molecule has 1 fully saturated rings. The molecular weight excluding hydrogens is 284 g/mol. The van der Waals surface area contributed by atoms with Gasteiger partial charge in [-0.05, 0) is 50.1 Å². The van der Waals surface area contributed by atoms with Gasteiger partial charge in [0.05, 0.1) is 0 Å². The summed E-state index contributed by atoms with van der Waals surface area (Å²) in [5.74, 6) is 0.839. The van der Waals surface area contributed by atoms with E-state index in [9.17, 15) is 0 Å². The number of piperidine rings is 1. The third kappa shape index (κ3) is 4.95. The van der Waals surface area contributed by atoms with Crippen molar-refractivity contribution in [2.24, 2.45) is 5.73 Å². The minimum absolute atomic E-state index is 0.266. The number of likely N-dealkylation sites (tertiary alicyclic amines) is 1. The van der Waals surface area contributed by atoms with Crippen molar-refractivity contribution in [3.63, 3.8) is 0 Å². The molecule has 0 radical (unpaired) electrons. The molecule has 3 N–H and O–H groups in total. The molecule has 1 unspecified atom stereocenters. The van der Waals surface area contributed by atoms with E-state index in [2.05, 4.69) is 4.90 Å². The zero-order chi connectivity index (χ0) is 15.1. The number of rotatable bonds is 7.